The summed E-state index contributed by atoms with van der Waals surface area (Å²) in [7, 11) is 1.30. The van der Waals surface area contributed by atoms with Crippen molar-refractivity contribution in [1.82, 2.24) is 10.6 Å². The first kappa shape index (κ1) is 18.3. The van der Waals surface area contributed by atoms with Gasteiger partial charge in [0.05, 0.1) is 12.6 Å². The van der Waals surface area contributed by atoms with E-state index >= 15 is 0 Å². The summed E-state index contributed by atoms with van der Waals surface area (Å²) >= 11 is 0. The lowest BCUT2D eigenvalue weighted by atomic mass is 9.83. The van der Waals surface area contributed by atoms with Crippen LogP contribution < -0.4 is 10.6 Å². The maximum atomic E-state index is 12.9. The number of alkyl carbamates (subject to hydrolysis) is 1. The third-order valence-electron chi connectivity index (χ3n) is 5.02. The van der Waals surface area contributed by atoms with Crippen LogP contribution in [0.25, 0.3) is 0 Å². The molecule has 0 saturated heterocycles. The van der Waals surface area contributed by atoms with E-state index < -0.39 is 12.1 Å². The van der Waals surface area contributed by atoms with E-state index in [2.05, 4.69) is 41.4 Å². The normalized spacial score (nSPS) is 16.6. The predicted octanol–water partition coefficient (Wildman–Crippen LogP) is 2.68. The molecule has 1 aliphatic rings. The summed E-state index contributed by atoms with van der Waals surface area (Å²) in [6, 6.07) is 7.70. The number of carbonyl (C=O) groups excluding carboxylic acids is 2. The SMILES string of the molecule is COC(=O)N[C@@H](C(=O)NC1(C(C)C)Cc2ccccc2C1)C(C)C. The van der Waals surface area contributed by atoms with Crippen molar-refractivity contribution in [2.75, 3.05) is 7.11 Å². The van der Waals surface area contributed by atoms with Gasteiger partial charge in [0.1, 0.15) is 6.04 Å². The van der Waals surface area contributed by atoms with E-state index in [1.807, 2.05) is 26.0 Å². The highest BCUT2D eigenvalue weighted by atomic mass is 16.5. The van der Waals surface area contributed by atoms with Gasteiger partial charge >= 0.3 is 6.09 Å². The minimum absolute atomic E-state index is 0.0305. The van der Waals surface area contributed by atoms with Crippen LogP contribution in [0, 0.1) is 11.8 Å². The first-order chi connectivity index (χ1) is 11.3. The molecule has 0 saturated carbocycles. The van der Waals surface area contributed by atoms with Gasteiger partial charge in [0.2, 0.25) is 5.91 Å². The molecule has 5 heteroatoms. The molecule has 0 aromatic heterocycles. The number of benzene rings is 1. The van der Waals surface area contributed by atoms with Crippen molar-refractivity contribution in [1.29, 1.82) is 0 Å². The number of methoxy groups -OCH3 is 1. The Bertz CT molecular complexity index is 585. The number of carbonyl (C=O) groups is 2. The average molecular weight is 332 g/mol. The Morgan fingerprint density at radius 2 is 1.62 bits per heavy atom. The maximum absolute atomic E-state index is 12.9. The molecule has 1 aliphatic carbocycles. The molecule has 24 heavy (non-hydrogen) atoms. The Kier molecular flexibility index (Phi) is 5.52. The van der Waals surface area contributed by atoms with Crippen molar-refractivity contribution < 1.29 is 14.3 Å². The molecule has 1 aromatic carbocycles. The quantitative estimate of drug-likeness (QED) is 0.871. The zero-order valence-corrected chi connectivity index (χ0v) is 15.2. The van der Waals surface area contributed by atoms with Gasteiger partial charge in [-0.2, -0.15) is 0 Å². The van der Waals surface area contributed by atoms with Gasteiger partial charge in [-0.3, -0.25) is 4.79 Å². The molecule has 2 rings (SSSR count). The zero-order valence-electron chi connectivity index (χ0n) is 15.2. The van der Waals surface area contributed by atoms with Crippen molar-refractivity contribution in [2.24, 2.45) is 11.8 Å². The van der Waals surface area contributed by atoms with Crippen LogP contribution >= 0.6 is 0 Å². The van der Waals surface area contributed by atoms with E-state index in [1.165, 1.54) is 18.2 Å². The average Bonchev–Trinajstić information content (AvgIpc) is 2.91. The molecule has 0 fully saturated rings. The fourth-order valence-corrected chi connectivity index (χ4v) is 3.33. The number of hydrogen-bond acceptors (Lipinski definition) is 3. The summed E-state index contributed by atoms with van der Waals surface area (Å²) in [4.78, 5) is 24.4. The molecule has 0 aliphatic heterocycles. The Hall–Kier alpha value is -2.04. The van der Waals surface area contributed by atoms with Crippen LogP contribution in [0.1, 0.15) is 38.8 Å². The standard InChI is InChI=1S/C19H28N2O3/c1-12(2)16(20-18(23)24-5)17(22)21-19(13(3)4)10-14-8-6-7-9-15(14)11-19/h6-9,12-13,16H,10-11H2,1-5H3,(H,20,23)(H,21,22)/t16-/m1/s1. The van der Waals surface area contributed by atoms with Gasteiger partial charge in [0, 0.05) is 0 Å². The van der Waals surface area contributed by atoms with E-state index in [0.717, 1.165) is 12.8 Å². The van der Waals surface area contributed by atoms with Crippen molar-refractivity contribution in [3.05, 3.63) is 35.4 Å². The van der Waals surface area contributed by atoms with Crippen molar-refractivity contribution in [2.45, 2.75) is 52.1 Å². The predicted molar refractivity (Wildman–Crippen MR) is 93.7 cm³/mol. The highest BCUT2D eigenvalue weighted by molar-refractivity contribution is 5.86. The van der Waals surface area contributed by atoms with Gasteiger partial charge in [-0.25, -0.2) is 4.79 Å². The fourth-order valence-electron chi connectivity index (χ4n) is 3.33. The first-order valence-corrected chi connectivity index (χ1v) is 8.52. The Morgan fingerprint density at radius 1 is 1.08 bits per heavy atom. The Morgan fingerprint density at radius 3 is 2.04 bits per heavy atom. The fraction of sp³-hybridized carbons (Fsp3) is 0.579. The van der Waals surface area contributed by atoms with Crippen LogP contribution in [-0.2, 0) is 22.4 Å². The number of rotatable bonds is 5. The largest absolute Gasteiger partial charge is 0.453 e. The van der Waals surface area contributed by atoms with E-state index in [1.54, 1.807) is 0 Å². The van der Waals surface area contributed by atoms with Crippen LogP contribution in [0.5, 0.6) is 0 Å². The summed E-state index contributed by atoms with van der Waals surface area (Å²) in [5, 5.41) is 5.88. The molecular formula is C19H28N2O3. The van der Waals surface area contributed by atoms with Gasteiger partial charge in [0.15, 0.2) is 0 Å². The molecule has 5 nitrogen and oxygen atoms in total. The molecule has 0 radical (unpaired) electrons. The highest BCUT2D eigenvalue weighted by Gasteiger charge is 2.42. The number of hydrogen-bond donors (Lipinski definition) is 2. The number of amides is 2. The maximum Gasteiger partial charge on any atom is 0.407 e. The summed E-state index contributed by atoms with van der Waals surface area (Å²) in [6.45, 7) is 8.08. The molecule has 1 atom stereocenters. The number of nitrogens with one attached hydrogen (secondary N) is 2. The molecular weight excluding hydrogens is 304 g/mol. The van der Waals surface area contributed by atoms with E-state index in [-0.39, 0.29) is 23.3 Å². The molecule has 132 valence electrons. The minimum atomic E-state index is -0.614. The summed E-state index contributed by atoms with van der Waals surface area (Å²) < 4.78 is 4.64. The lowest BCUT2D eigenvalue weighted by molar-refractivity contribution is -0.126. The lowest BCUT2D eigenvalue weighted by Crippen LogP contribution is -2.59. The number of ether oxygens (including phenoxy) is 1. The van der Waals surface area contributed by atoms with E-state index in [9.17, 15) is 9.59 Å². The van der Waals surface area contributed by atoms with Gasteiger partial charge in [-0.05, 0) is 35.8 Å². The van der Waals surface area contributed by atoms with Gasteiger partial charge in [-0.1, -0.05) is 52.0 Å². The monoisotopic (exact) mass is 332 g/mol. The van der Waals surface area contributed by atoms with Crippen LogP contribution in [-0.4, -0.2) is 30.7 Å². The second-order valence-corrected chi connectivity index (χ2v) is 7.28. The summed E-state index contributed by atoms with van der Waals surface area (Å²) in [6.07, 6.45) is 1.04. The Balaban J connectivity index is 2.19. The van der Waals surface area contributed by atoms with Gasteiger partial charge in [-0.15, -0.1) is 0 Å². The number of fused-ring (bicyclic) bond motifs is 1. The van der Waals surface area contributed by atoms with Crippen LogP contribution in [0.4, 0.5) is 4.79 Å². The second-order valence-electron chi connectivity index (χ2n) is 7.28. The molecule has 2 N–H and O–H groups in total. The third kappa shape index (κ3) is 3.71. The first-order valence-electron chi connectivity index (χ1n) is 8.52. The van der Waals surface area contributed by atoms with E-state index in [0.29, 0.717) is 0 Å². The highest BCUT2D eigenvalue weighted by Crippen LogP contribution is 2.35. The molecule has 0 bridgehead atoms. The van der Waals surface area contributed by atoms with Gasteiger partial charge in [0.25, 0.3) is 0 Å². The summed E-state index contributed by atoms with van der Waals surface area (Å²) in [5.41, 5.74) is 2.26. The summed E-state index contributed by atoms with van der Waals surface area (Å²) in [5.74, 6) is 0.0915. The topological polar surface area (TPSA) is 67.4 Å². The van der Waals surface area contributed by atoms with Crippen molar-refractivity contribution >= 4 is 12.0 Å². The van der Waals surface area contributed by atoms with Crippen LogP contribution in [0.3, 0.4) is 0 Å². The van der Waals surface area contributed by atoms with Gasteiger partial charge < -0.3 is 15.4 Å². The zero-order chi connectivity index (χ0) is 17.9. The molecule has 0 unspecified atom stereocenters. The van der Waals surface area contributed by atoms with Crippen LogP contribution in [0.15, 0.2) is 24.3 Å². The minimum Gasteiger partial charge on any atom is -0.453 e. The third-order valence-corrected chi connectivity index (χ3v) is 5.02. The smallest absolute Gasteiger partial charge is 0.407 e. The van der Waals surface area contributed by atoms with Crippen molar-refractivity contribution in [3.8, 4) is 0 Å². The molecule has 0 heterocycles. The molecule has 0 spiro atoms. The molecule has 1 aromatic rings. The molecule has 2 amide bonds. The second kappa shape index (κ2) is 7.24. The van der Waals surface area contributed by atoms with E-state index in [4.69, 9.17) is 0 Å². The lowest BCUT2D eigenvalue weighted by Gasteiger charge is -2.36. The Labute approximate surface area is 144 Å². The van der Waals surface area contributed by atoms with Crippen molar-refractivity contribution in [3.63, 3.8) is 0 Å². The van der Waals surface area contributed by atoms with Crippen LogP contribution in [0.2, 0.25) is 0 Å².